The Hall–Kier alpha value is -4.39. The summed E-state index contributed by atoms with van der Waals surface area (Å²) in [6, 6.07) is 27.3. The first-order chi connectivity index (χ1) is 16.1. The van der Waals surface area contributed by atoms with Crippen molar-refractivity contribution < 1.29 is 14.3 Å². The second-order valence-electron chi connectivity index (χ2n) is 7.29. The van der Waals surface area contributed by atoms with Crippen LogP contribution in [0.2, 0.25) is 0 Å². The molecule has 166 valence electrons. The lowest BCUT2D eigenvalue weighted by molar-refractivity contribution is -0.117. The molecular formula is C26H23N3O4. The summed E-state index contributed by atoms with van der Waals surface area (Å²) in [6.45, 7) is 0.265. The average Bonchev–Trinajstić information content (AvgIpc) is 2.85. The van der Waals surface area contributed by atoms with Crippen LogP contribution in [0.3, 0.4) is 0 Å². The van der Waals surface area contributed by atoms with E-state index in [-0.39, 0.29) is 18.0 Å². The normalized spacial score (nSPS) is 10.5. The number of ether oxygens (including phenoxy) is 2. The number of nitrogens with zero attached hydrogens (tertiary/aromatic N) is 2. The third-order valence-corrected chi connectivity index (χ3v) is 4.93. The monoisotopic (exact) mass is 441 g/mol. The Kier molecular flexibility index (Phi) is 6.80. The first-order valence-corrected chi connectivity index (χ1v) is 10.4. The molecule has 0 aliphatic heterocycles. The van der Waals surface area contributed by atoms with E-state index in [1.165, 1.54) is 6.07 Å². The van der Waals surface area contributed by atoms with Crippen molar-refractivity contribution in [2.75, 3.05) is 12.4 Å². The molecule has 4 rings (SSSR count). The average molecular weight is 441 g/mol. The molecule has 0 fully saturated rings. The van der Waals surface area contributed by atoms with E-state index in [0.717, 1.165) is 21.6 Å². The van der Waals surface area contributed by atoms with E-state index in [1.54, 1.807) is 37.4 Å². The first-order valence-electron chi connectivity index (χ1n) is 10.4. The number of carbonyl (C=O) groups excluding carboxylic acids is 1. The topological polar surface area (TPSA) is 82.5 Å². The highest BCUT2D eigenvalue weighted by Crippen LogP contribution is 2.20. The van der Waals surface area contributed by atoms with Crippen molar-refractivity contribution in [1.82, 2.24) is 9.78 Å². The molecule has 0 atom stereocenters. The number of benzene rings is 3. The van der Waals surface area contributed by atoms with Crippen molar-refractivity contribution in [3.63, 3.8) is 0 Å². The van der Waals surface area contributed by atoms with Gasteiger partial charge in [0.15, 0.2) is 0 Å². The number of hydrogen-bond acceptors (Lipinski definition) is 5. The zero-order valence-corrected chi connectivity index (χ0v) is 18.1. The Morgan fingerprint density at radius 1 is 0.879 bits per heavy atom. The molecule has 0 unspecified atom stereocenters. The lowest BCUT2D eigenvalue weighted by atomic mass is 10.1. The molecule has 0 aliphatic rings. The fourth-order valence-electron chi connectivity index (χ4n) is 3.19. The van der Waals surface area contributed by atoms with Gasteiger partial charge in [-0.2, -0.15) is 5.10 Å². The summed E-state index contributed by atoms with van der Waals surface area (Å²) in [4.78, 5) is 24.7. The summed E-state index contributed by atoms with van der Waals surface area (Å²) in [5.74, 6) is 1.07. The summed E-state index contributed by atoms with van der Waals surface area (Å²) in [6.07, 6.45) is 0. The molecule has 1 aromatic heterocycles. The quantitative estimate of drug-likeness (QED) is 0.444. The molecule has 1 heterocycles. The van der Waals surface area contributed by atoms with Gasteiger partial charge in [0.25, 0.3) is 5.56 Å². The third-order valence-electron chi connectivity index (χ3n) is 4.93. The van der Waals surface area contributed by atoms with Gasteiger partial charge in [-0.05, 0) is 60.2 Å². The maximum absolute atomic E-state index is 12.5. The number of rotatable bonds is 8. The number of amides is 1. The zero-order valence-electron chi connectivity index (χ0n) is 18.1. The molecule has 0 radical (unpaired) electrons. The van der Waals surface area contributed by atoms with Crippen LogP contribution in [0.4, 0.5) is 5.69 Å². The van der Waals surface area contributed by atoms with Crippen molar-refractivity contribution >= 4 is 11.6 Å². The van der Waals surface area contributed by atoms with Crippen molar-refractivity contribution in [1.29, 1.82) is 0 Å². The minimum absolute atomic E-state index is 0.199. The molecule has 1 amide bonds. The predicted molar refractivity (Wildman–Crippen MR) is 126 cm³/mol. The van der Waals surface area contributed by atoms with Gasteiger partial charge in [0.05, 0.1) is 12.8 Å². The smallest absolute Gasteiger partial charge is 0.267 e. The van der Waals surface area contributed by atoms with Crippen LogP contribution in [0.15, 0.2) is 95.8 Å². The molecule has 0 spiro atoms. The zero-order chi connectivity index (χ0) is 23.0. The number of methoxy groups -OCH3 is 1. The fourth-order valence-corrected chi connectivity index (χ4v) is 3.19. The van der Waals surface area contributed by atoms with Gasteiger partial charge in [0, 0.05) is 17.3 Å². The highest BCUT2D eigenvalue weighted by atomic mass is 16.5. The van der Waals surface area contributed by atoms with Crippen LogP contribution >= 0.6 is 0 Å². The highest BCUT2D eigenvalue weighted by Gasteiger charge is 2.09. The van der Waals surface area contributed by atoms with Crippen LogP contribution in [-0.2, 0) is 17.9 Å². The summed E-state index contributed by atoms with van der Waals surface area (Å²) in [5.41, 5.74) is 2.73. The fraction of sp³-hybridized carbons (Fsp3) is 0.115. The van der Waals surface area contributed by atoms with Gasteiger partial charge in [-0.25, -0.2) is 4.68 Å². The maximum atomic E-state index is 12.5. The number of anilines is 1. The molecule has 7 heteroatoms. The van der Waals surface area contributed by atoms with Crippen LogP contribution in [0.1, 0.15) is 5.56 Å². The number of hydrogen-bond donors (Lipinski definition) is 1. The number of nitrogens with one attached hydrogen (secondary N) is 1. The van der Waals surface area contributed by atoms with Crippen LogP contribution < -0.4 is 20.3 Å². The van der Waals surface area contributed by atoms with Crippen molar-refractivity contribution in [3.8, 4) is 22.8 Å². The van der Waals surface area contributed by atoms with E-state index in [1.807, 2.05) is 54.6 Å². The van der Waals surface area contributed by atoms with Crippen molar-refractivity contribution in [3.05, 3.63) is 107 Å². The van der Waals surface area contributed by atoms with E-state index in [0.29, 0.717) is 23.7 Å². The summed E-state index contributed by atoms with van der Waals surface area (Å²) in [7, 11) is 1.59. The second-order valence-corrected chi connectivity index (χ2v) is 7.29. The largest absolute Gasteiger partial charge is 0.497 e. The lowest BCUT2D eigenvalue weighted by Gasteiger charge is -2.10. The minimum atomic E-state index is -0.355. The van der Waals surface area contributed by atoms with E-state index in [4.69, 9.17) is 9.47 Å². The van der Waals surface area contributed by atoms with E-state index < -0.39 is 0 Å². The Balaban J connectivity index is 1.37. The number of carbonyl (C=O) groups is 1. The van der Waals surface area contributed by atoms with Gasteiger partial charge in [0.2, 0.25) is 5.91 Å². The highest BCUT2D eigenvalue weighted by molar-refractivity contribution is 5.90. The standard InChI is InChI=1S/C26H23N3O4/c1-32-22-11-7-20(8-12-22)24-15-16-26(31)29(28-24)17-25(30)27-21-9-13-23(14-10-21)33-18-19-5-3-2-4-6-19/h2-16H,17-18H2,1H3,(H,27,30). The third kappa shape index (κ3) is 5.86. The van der Waals surface area contributed by atoms with E-state index in [9.17, 15) is 9.59 Å². The molecule has 0 saturated carbocycles. The Morgan fingerprint density at radius 2 is 1.58 bits per heavy atom. The summed E-state index contributed by atoms with van der Waals surface area (Å²) in [5, 5.41) is 7.11. The molecule has 3 aromatic carbocycles. The van der Waals surface area contributed by atoms with Crippen molar-refractivity contribution in [2.24, 2.45) is 0 Å². The molecule has 0 bridgehead atoms. The number of aromatic nitrogens is 2. The van der Waals surface area contributed by atoms with Gasteiger partial charge in [-0.1, -0.05) is 30.3 Å². The van der Waals surface area contributed by atoms with Gasteiger partial charge in [-0.3, -0.25) is 9.59 Å². The van der Waals surface area contributed by atoms with E-state index in [2.05, 4.69) is 10.4 Å². The SMILES string of the molecule is COc1ccc(-c2ccc(=O)n(CC(=O)Nc3ccc(OCc4ccccc4)cc3)n2)cc1. The molecule has 7 nitrogen and oxygen atoms in total. The first kappa shape index (κ1) is 21.8. The van der Waals surface area contributed by atoms with Crippen molar-refractivity contribution in [2.45, 2.75) is 13.2 Å². The minimum Gasteiger partial charge on any atom is -0.497 e. The van der Waals surface area contributed by atoms with Crippen LogP contribution in [0, 0.1) is 0 Å². The van der Waals surface area contributed by atoms with Gasteiger partial charge in [0.1, 0.15) is 24.7 Å². The molecular weight excluding hydrogens is 418 g/mol. The molecule has 33 heavy (non-hydrogen) atoms. The van der Waals surface area contributed by atoms with Crippen LogP contribution in [0.25, 0.3) is 11.3 Å². The maximum Gasteiger partial charge on any atom is 0.267 e. The van der Waals surface area contributed by atoms with Gasteiger partial charge < -0.3 is 14.8 Å². The van der Waals surface area contributed by atoms with E-state index >= 15 is 0 Å². The van der Waals surface area contributed by atoms with Gasteiger partial charge in [-0.15, -0.1) is 0 Å². The summed E-state index contributed by atoms with van der Waals surface area (Å²) < 4.78 is 12.1. The Morgan fingerprint density at radius 3 is 2.27 bits per heavy atom. The van der Waals surface area contributed by atoms with Gasteiger partial charge >= 0.3 is 0 Å². The Bertz CT molecular complexity index is 1270. The second kappa shape index (κ2) is 10.3. The molecule has 4 aromatic rings. The van der Waals surface area contributed by atoms with Crippen LogP contribution in [0.5, 0.6) is 11.5 Å². The molecule has 0 saturated heterocycles. The predicted octanol–water partition coefficient (Wildman–Crippen LogP) is 4.14. The lowest BCUT2D eigenvalue weighted by Crippen LogP contribution is -2.29. The summed E-state index contributed by atoms with van der Waals surface area (Å²) >= 11 is 0. The Labute approximate surface area is 191 Å². The van der Waals surface area contributed by atoms with Crippen LogP contribution in [-0.4, -0.2) is 22.8 Å². The molecule has 1 N–H and O–H groups in total. The molecule has 0 aliphatic carbocycles.